The first-order valence-electron chi connectivity index (χ1n) is 16.7. The Balaban J connectivity index is 1.65. The third-order valence-corrected chi connectivity index (χ3v) is 7.86. The van der Waals surface area contributed by atoms with E-state index in [-0.39, 0.29) is 30.0 Å². The van der Waals surface area contributed by atoms with Gasteiger partial charge in [0.25, 0.3) is 5.69 Å². The van der Waals surface area contributed by atoms with Crippen LogP contribution in [-0.4, -0.2) is 42.2 Å². The zero-order valence-corrected chi connectivity index (χ0v) is 27.3. The quantitative estimate of drug-likeness (QED) is 0.0382. The van der Waals surface area contributed by atoms with Gasteiger partial charge >= 0.3 is 11.9 Å². The molecule has 1 N–H and O–H groups in total. The van der Waals surface area contributed by atoms with Crippen molar-refractivity contribution >= 4 is 34.7 Å². The Bertz CT molecular complexity index is 1190. The highest BCUT2D eigenvalue weighted by atomic mass is 16.6. The minimum Gasteiger partial charge on any atom is -0.481 e. The molecular formula is C35H52N4O6. The molecule has 2 aromatic rings. The molecule has 0 atom stereocenters. The highest BCUT2D eigenvalue weighted by molar-refractivity contribution is 5.91. The van der Waals surface area contributed by atoms with Gasteiger partial charge in [0.1, 0.15) is 0 Å². The summed E-state index contributed by atoms with van der Waals surface area (Å²) in [5.74, 6) is -1.46. The number of hydrogen-bond acceptors (Lipinski definition) is 8. The molecule has 0 saturated heterocycles. The molecule has 0 fully saturated rings. The number of esters is 1. The number of azo groups is 1. The van der Waals surface area contributed by atoms with Crippen LogP contribution in [0.4, 0.5) is 22.7 Å². The van der Waals surface area contributed by atoms with E-state index in [0.717, 1.165) is 24.9 Å². The highest BCUT2D eigenvalue weighted by Gasteiger charge is 2.18. The van der Waals surface area contributed by atoms with Crippen LogP contribution in [0.3, 0.4) is 0 Å². The van der Waals surface area contributed by atoms with E-state index in [4.69, 9.17) is 9.84 Å². The molecule has 10 nitrogen and oxygen atoms in total. The number of carbonyl (C=O) groups excluding carboxylic acids is 1. The van der Waals surface area contributed by atoms with Crippen molar-refractivity contribution in [3.05, 3.63) is 58.1 Å². The Kier molecular flexibility index (Phi) is 18.8. The van der Waals surface area contributed by atoms with E-state index < -0.39 is 16.9 Å². The number of benzene rings is 2. The zero-order chi connectivity index (χ0) is 32.7. The summed E-state index contributed by atoms with van der Waals surface area (Å²) >= 11 is 0. The molecule has 45 heavy (non-hydrogen) atoms. The van der Waals surface area contributed by atoms with Crippen LogP contribution in [0, 0.1) is 10.1 Å². The number of carbonyl (C=O) groups is 2. The lowest BCUT2D eigenvalue weighted by atomic mass is 10.0. The van der Waals surface area contributed by atoms with Gasteiger partial charge in [-0.2, -0.15) is 5.11 Å². The Morgan fingerprint density at radius 3 is 1.84 bits per heavy atom. The molecule has 0 aromatic heterocycles. The van der Waals surface area contributed by atoms with E-state index in [2.05, 4.69) is 17.2 Å². The van der Waals surface area contributed by atoms with Gasteiger partial charge in [-0.15, -0.1) is 5.11 Å². The normalized spacial score (nSPS) is 11.2. The molecular weight excluding hydrogens is 572 g/mol. The van der Waals surface area contributed by atoms with Crippen LogP contribution in [0.5, 0.6) is 0 Å². The predicted molar refractivity (Wildman–Crippen MR) is 179 cm³/mol. The molecule has 0 aliphatic heterocycles. The summed E-state index contributed by atoms with van der Waals surface area (Å²) in [6.45, 7) is 2.90. The summed E-state index contributed by atoms with van der Waals surface area (Å²) in [7, 11) is 1.79. The summed E-state index contributed by atoms with van der Waals surface area (Å²) in [4.78, 5) is 36.2. The van der Waals surface area contributed by atoms with Gasteiger partial charge in [-0.05, 0) is 42.8 Å². The van der Waals surface area contributed by atoms with Gasteiger partial charge in [-0.25, -0.2) is 4.79 Å². The average Bonchev–Trinajstić information content (AvgIpc) is 3.04. The Hall–Kier alpha value is -3.82. The molecule has 0 bridgehead atoms. The molecule has 0 aliphatic carbocycles. The lowest BCUT2D eigenvalue weighted by molar-refractivity contribution is -0.384. The number of nitrogens with zero attached hydrogens (tertiary/aromatic N) is 4. The van der Waals surface area contributed by atoms with Crippen molar-refractivity contribution in [1.29, 1.82) is 0 Å². The van der Waals surface area contributed by atoms with Gasteiger partial charge in [-0.1, -0.05) is 103 Å². The van der Waals surface area contributed by atoms with Gasteiger partial charge in [0.05, 0.1) is 29.2 Å². The van der Waals surface area contributed by atoms with Crippen molar-refractivity contribution in [2.24, 2.45) is 10.2 Å². The molecule has 2 rings (SSSR count). The third kappa shape index (κ3) is 16.2. The van der Waals surface area contributed by atoms with Gasteiger partial charge in [0.15, 0.2) is 5.69 Å². The van der Waals surface area contributed by atoms with Crippen LogP contribution in [0.1, 0.15) is 126 Å². The van der Waals surface area contributed by atoms with E-state index in [1.54, 1.807) is 36.2 Å². The van der Waals surface area contributed by atoms with Crippen LogP contribution < -0.4 is 4.90 Å². The summed E-state index contributed by atoms with van der Waals surface area (Å²) in [5, 5.41) is 28.6. The van der Waals surface area contributed by atoms with Crippen LogP contribution in [-0.2, 0) is 9.53 Å². The van der Waals surface area contributed by atoms with Gasteiger partial charge in [0.2, 0.25) is 0 Å². The van der Waals surface area contributed by atoms with Crippen LogP contribution in [0.15, 0.2) is 52.7 Å². The van der Waals surface area contributed by atoms with Gasteiger partial charge in [-0.3, -0.25) is 14.9 Å². The standard InChI is InChI=1S/C35H52N4O6/c1-3-4-5-6-7-8-9-10-11-12-13-14-15-16-17-18-27-45-35(42)29-19-24-32(33(28-29)39(43)44)37-36-30-20-22-31(23-21-30)38(2)26-25-34(40)41/h19-24,28H,3-18,25-27H2,1-2H3,(H,40,41). The first-order chi connectivity index (χ1) is 21.8. The number of rotatable bonds is 25. The largest absolute Gasteiger partial charge is 0.481 e. The summed E-state index contributed by atoms with van der Waals surface area (Å²) in [5.41, 5.74) is 1.08. The molecule has 0 amide bonds. The van der Waals surface area contributed by atoms with E-state index >= 15 is 0 Å². The Morgan fingerprint density at radius 1 is 0.800 bits per heavy atom. The van der Waals surface area contributed by atoms with E-state index in [1.807, 2.05) is 0 Å². The molecule has 0 heterocycles. The lowest BCUT2D eigenvalue weighted by Crippen LogP contribution is -2.20. The van der Waals surface area contributed by atoms with Crippen molar-refractivity contribution in [2.75, 3.05) is 25.1 Å². The molecule has 0 aliphatic rings. The number of ether oxygens (including phenoxy) is 1. The number of hydrogen-bond donors (Lipinski definition) is 1. The number of unbranched alkanes of at least 4 members (excludes halogenated alkanes) is 15. The van der Waals surface area contributed by atoms with Crippen molar-refractivity contribution < 1.29 is 24.4 Å². The molecule has 0 unspecified atom stereocenters. The minimum absolute atomic E-state index is 0.0186. The fourth-order valence-electron chi connectivity index (χ4n) is 5.06. The molecule has 0 saturated carbocycles. The summed E-state index contributed by atoms with van der Waals surface area (Å²) < 4.78 is 5.36. The molecule has 0 radical (unpaired) electrons. The SMILES string of the molecule is CCCCCCCCCCCCCCCCCCOC(=O)c1ccc(N=Nc2ccc(N(C)CCC(=O)O)cc2)c([N+](=O)[O-])c1. The second-order valence-corrected chi connectivity index (χ2v) is 11.7. The molecule has 2 aromatic carbocycles. The number of aliphatic carboxylic acids is 1. The summed E-state index contributed by atoms with van der Waals surface area (Å²) in [6.07, 6.45) is 20.3. The lowest BCUT2D eigenvalue weighted by Gasteiger charge is -2.17. The zero-order valence-electron chi connectivity index (χ0n) is 27.3. The van der Waals surface area contributed by atoms with Gasteiger partial charge < -0.3 is 14.7 Å². The number of carboxylic acids is 1. The maximum Gasteiger partial charge on any atom is 0.338 e. The monoisotopic (exact) mass is 624 g/mol. The summed E-state index contributed by atoms with van der Waals surface area (Å²) in [6, 6.07) is 10.9. The van der Waals surface area contributed by atoms with E-state index in [0.29, 0.717) is 12.2 Å². The fraction of sp³-hybridized carbons (Fsp3) is 0.600. The second kappa shape index (κ2) is 22.7. The first-order valence-corrected chi connectivity index (χ1v) is 16.7. The van der Waals surface area contributed by atoms with Gasteiger partial charge in [0, 0.05) is 25.3 Å². The smallest absolute Gasteiger partial charge is 0.338 e. The van der Waals surface area contributed by atoms with E-state index in [1.165, 1.54) is 102 Å². The Morgan fingerprint density at radius 2 is 1.33 bits per heavy atom. The van der Waals surface area contributed by atoms with Crippen molar-refractivity contribution in [3.8, 4) is 0 Å². The molecule has 10 heteroatoms. The van der Waals surface area contributed by atoms with E-state index in [9.17, 15) is 19.7 Å². The van der Waals surface area contributed by atoms with Crippen molar-refractivity contribution in [3.63, 3.8) is 0 Å². The van der Waals surface area contributed by atoms with Crippen LogP contribution in [0.25, 0.3) is 0 Å². The highest BCUT2D eigenvalue weighted by Crippen LogP contribution is 2.31. The average molecular weight is 625 g/mol. The first kappa shape index (κ1) is 37.4. The maximum absolute atomic E-state index is 12.5. The molecule has 0 spiro atoms. The maximum atomic E-state index is 12.5. The number of anilines is 1. The molecule has 248 valence electrons. The minimum atomic E-state index is -0.872. The number of nitro benzene ring substituents is 1. The van der Waals surface area contributed by atoms with Crippen LogP contribution >= 0.6 is 0 Å². The van der Waals surface area contributed by atoms with Crippen molar-refractivity contribution in [2.45, 2.75) is 116 Å². The van der Waals surface area contributed by atoms with Crippen LogP contribution in [0.2, 0.25) is 0 Å². The number of carboxylic acid groups (broad SMARTS) is 1. The second-order valence-electron chi connectivity index (χ2n) is 11.7. The predicted octanol–water partition coefficient (Wildman–Crippen LogP) is 10.3. The Labute approximate surface area is 268 Å². The van der Waals surface area contributed by atoms with Crippen molar-refractivity contribution in [1.82, 2.24) is 0 Å². The third-order valence-electron chi connectivity index (χ3n) is 7.86. The topological polar surface area (TPSA) is 135 Å². The fourth-order valence-corrected chi connectivity index (χ4v) is 5.06. The number of nitro groups is 1.